The number of thioether (sulfide) groups is 1. The molecule has 2 rings (SSSR count). The molecule has 1 fully saturated rings. The van der Waals surface area contributed by atoms with Gasteiger partial charge in [-0.2, -0.15) is 11.8 Å². The Bertz CT molecular complexity index is 441. The van der Waals surface area contributed by atoms with Gasteiger partial charge < -0.3 is 5.32 Å². The van der Waals surface area contributed by atoms with Crippen LogP contribution >= 0.6 is 11.8 Å². The summed E-state index contributed by atoms with van der Waals surface area (Å²) in [6.07, 6.45) is 5.26. The molecule has 0 amide bonds. The van der Waals surface area contributed by atoms with Gasteiger partial charge in [0, 0.05) is 17.0 Å². The number of benzene rings is 1. The highest BCUT2D eigenvalue weighted by Gasteiger charge is 2.34. The van der Waals surface area contributed by atoms with E-state index in [9.17, 15) is 0 Å². The van der Waals surface area contributed by atoms with Crippen LogP contribution in [-0.2, 0) is 5.75 Å². The molecule has 1 aliphatic carbocycles. The minimum atomic E-state index is 0.508. The van der Waals surface area contributed by atoms with E-state index in [1.165, 1.54) is 36.8 Å². The van der Waals surface area contributed by atoms with Crippen molar-refractivity contribution >= 4 is 11.8 Å². The average Bonchev–Trinajstić information content (AvgIpc) is 2.45. The Hall–Kier alpha value is -0.470. The molecule has 1 saturated carbocycles. The normalized spacial score (nSPS) is 25.0. The lowest BCUT2D eigenvalue weighted by molar-refractivity contribution is 0.214. The highest BCUT2D eigenvalue weighted by molar-refractivity contribution is 7.99. The lowest BCUT2D eigenvalue weighted by atomic mass is 9.75. The minimum absolute atomic E-state index is 0.508. The quantitative estimate of drug-likeness (QED) is 0.777. The van der Waals surface area contributed by atoms with Crippen molar-refractivity contribution in [1.82, 2.24) is 5.32 Å². The Labute approximate surface area is 135 Å². The Kier molecular flexibility index (Phi) is 6.19. The molecule has 0 bridgehead atoms. The summed E-state index contributed by atoms with van der Waals surface area (Å²) in [6, 6.07) is 9.52. The zero-order chi connectivity index (χ0) is 15.3. The Morgan fingerprint density at radius 1 is 1.29 bits per heavy atom. The molecule has 0 saturated heterocycles. The van der Waals surface area contributed by atoms with E-state index in [1.807, 2.05) is 0 Å². The van der Waals surface area contributed by atoms with Crippen LogP contribution < -0.4 is 5.32 Å². The van der Waals surface area contributed by atoms with E-state index in [0.717, 1.165) is 17.5 Å². The minimum Gasteiger partial charge on any atom is -0.313 e. The van der Waals surface area contributed by atoms with Gasteiger partial charge in [-0.05, 0) is 55.7 Å². The second kappa shape index (κ2) is 7.69. The van der Waals surface area contributed by atoms with Crippen molar-refractivity contribution in [3.63, 3.8) is 0 Å². The first-order valence-electron chi connectivity index (χ1n) is 8.41. The topological polar surface area (TPSA) is 12.0 Å². The molecule has 0 spiro atoms. The third kappa shape index (κ3) is 5.03. The third-order valence-electron chi connectivity index (χ3n) is 4.71. The van der Waals surface area contributed by atoms with Gasteiger partial charge in [0.2, 0.25) is 0 Å². The van der Waals surface area contributed by atoms with Crippen molar-refractivity contribution in [2.45, 2.75) is 70.4 Å². The maximum Gasteiger partial charge on any atom is 0.0209 e. The Morgan fingerprint density at radius 2 is 2.05 bits per heavy atom. The Balaban J connectivity index is 1.97. The van der Waals surface area contributed by atoms with Crippen molar-refractivity contribution in [3.8, 4) is 0 Å². The predicted molar refractivity (Wildman–Crippen MR) is 96.0 cm³/mol. The molecule has 1 N–H and O–H groups in total. The van der Waals surface area contributed by atoms with Crippen LogP contribution in [0, 0.1) is 12.3 Å². The fraction of sp³-hybridized carbons (Fsp3) is 0.684. The molecule has 1 aliphatic rings. The third-order valence-corrected chi connectivity index (χ3v) is 6.11. The number of hydrogen-bond donors (Lipinski definition) is 1. The molecular weight excluding hydrogens is 274 g/mol. The zero-order valence-corrected chi connectivity index (χ0v) is 14.9. The van der Waals surface area contributed by atoms with Crippen LogP contribution in [0.3, 0.4) is 0 Å². The maximum absolute atomic E-state index is 3.79. The molecule has 0 aromatic heterocycles. The molecule has 0 aliphatic heterocycles. The molecule has 1 nitrogen and oxygen atoms in total. The van der Waals surface area contributed by atoms with Crippen LogP contribution in [0.2, 0.25) is 0 Å². The average molecular weight is 306 g/mol. The molecule has 118 valence electrons. The van der Waals surface area contributed by atoms with Crippen LogP contribution in [0.25, 0.3) is 0 Å². The summed E-state index contributed by atoms with van der Waals surface area (Å²) in [4.78, 5) is 0. The molecule has 0 radical (unpaired) electrons. The monoisotopic (exact) mass is 305 g/mol. The Morgan fingerprint density at radius 3 is 2.76 bits per heavy atom. The van der Waals surface area contributed by atoms with E-state index in [0.29, 0.717) is 11.5 Å². The lowest BCUT2D eigenvalue weighted by Gasteiger charge is -2.41. The fourth-order valence-corrected chi connectivity index (χ4v) is 4.98. The predicted octanol–water partition coefficient (Wildman–Crippen LogP) is 5.18. The molecule has 2 heteroatoms. The van der Waals surface area contributed by atoms with Crippen molar-refractivity contribution in [3.05, 3.63) is 35.4 Å². The molecule has 2 atom stereocenters. The standard InChI is InChI=1S/C19H31NS/c1-5-12-20-17-10-11-19(3,4)13-18(17)21-14-16-9-7-6-8-15(16)2/h6-9,17-18,20H,5,10-14H2,1-4H3. The van der Waals surface area contributed by atoms with Crippen LogP contribution in [0.4, 0.5) is 0 Å². The summed E-state index contributed by atoms with van der Waals surface area (Å²) >= 11 is 2.16. The van der Waals surface area contributed by atoms with Crippen LogP contribution in [-0.4, -0.2) is 17.8 Å². The van der Waals surface area contributed by atoms with E-state index in [2.05, 4.69) is 69.0 Å². The second-order valence-corrected chi connectivity index (χ2v) is 8.47. The van der Waals surface area contributed by atoms with Gasteiger partial charge in [0.1, 0.15) is 0 Å². The zero-order valence-electron chi connectivity index (χ0n) is 14.1. The van der Waals surface area contributed by atoms with E-state index in [1.54, 1.807) is 0 Å². The van der Waals surface area contributed by atoms with Gasteiger partial charge in [-0.1, -0.05) is 45.0 Å². The van der Waals surface area contributed by atoms with Gasteiger partial charge in [0.05, 0.1) is 0 Å². The van der Waals surface area contributed by atoms with Gasteiger partial charge >= 0.3 is 0 Å². The van der Waals surface area contributed by atoms with E-state index in [-0.39, 0.29) is 0 Å². The van der Waals surface area contributed by atoms with Gasteiger partial charge in [-0.15, -0.1) is 0 Å². The SMILES string of the molecule is CCCNC1CCC(C)(C)CC1SCc1ccccc1C. The first-order valence-corrected chi connectivity index (χ1v) is 9.46. The highest BCUT2D eigenvalue weighted by atomic mass is 32.2. The van der Waals surface area contributed by atoms with Crippen molar-refractivity contribution in [2.24, 2.45) is 5.41 Å². The van der Waals surface area contributed by atoms with Crippen LogP contribution in [0.5, 0.6) is 0 Å². The van der Waals surface area contributed by atoms with Crippen LogP contribution in [0.1, 0.15) is 57.6 Å². The second-order valence-electron chi connectivity index (χ2n) is 7.24. The number of hydrogen-bond acceptors (Lipinski definition) is 2. The molecule has 2 unspecified atom stereocenters. The highest BCUT2D eigenvalue weighted by Crippen LogP contribution is 2.41. The van der Waals surface area contributed by atoms with Gasteiger partial charge in [0.15, 0.2) is 0 Å². The van der Waals surface area contributed by atoms with Crippen molar-refractivity contribution < 1.29 is 0 Å². The molecule has 1 aromatic rings. The van der Waals surface area contributed by atoms with Gasteiger partial charge in [-0.3, -0.25) is 0 Å². The van der Waals surface area contributed by atoms with E-state index in [4.69, 9.17) is 0 Å². The fourth-order valence-electron chi connectivity index (χ4n) is 3.23. The number of rotatable bonds is 6. The van der Waals surface area contributed by atoms with Gasteiger partial charge in [-0.25, -0.2) is 0 Å². The van der Waals surface area contributed by atoms with Crippen molar-refractivity contribution in [1.29, 1.82) is 0 Å². The molecule has 0 heterocycles. The summed E-state index contributed by atoms with van der Waals surface area (Å²) in [5, 5.41) is 4.54. The maximum atomic E-state index is 3.79. The molecule has 1 aromatic carbocycles. The summed E-state index contributed by atoms with van der Waals surface area (Å²) in [7, 11) is 0. The lowest BCUT2D eigenvalue weighted by Crippen LogP contribution is -2.45. The number of aryl methyl sites for hydroxylation is 1. The summed E-state index contributed by atoms with van der Waals surface area (Å²) < 4.78 is 0. The van der Waals surface area contributed by atoms with Gasteiger partial charge in [0.25, 0.3) is 0 Å². The van der Waals surface area contributed by atoms with E-state index < -0.39 is 0 Å². The smallest absolute Gasteiger partial charge is 0.0209 e. The largest absolute Gasteiger partial charge is 0.313 e. The van der Waals surface area contributed by atoms with Crippen molar-refractivity contribution in [2.75, 3.05) is 6.54 Å². The van der Waals surface area contributed by atoms with E-state index >= 15 is 0 Å². The van der Waals surface area contributed by atoms with Crippen LogP contribution in [0.15, 0.2) is 24.3 Å². The summed E-state index contributed by atoms with van der Waals surface area (Å²) in [6.45, 7) is 10.5. The first kappa shape index (κ1) is 16.9. The number of nitrogens with one attached hydrogen (secondary N) is 1. The summed E-state index contributed by atoms with van der Waals surface area (Å²) in [5.41, 5.74) is 3.44. The first-order chi connectivity index (χ1) is 10.0. The molecular formula is C19H31NS. The summed E-state index contributed by atoms with van der Waals surface area (Å²) in [5.74, 6) is 1.15. The molecule has 21 heavy (non-hydrogen) atoms.